The van der Waals surface area contributed by atoms with Crippen LogP contribution in [0.15, 0.2) is 49.1 Å². The molecule has 4 aromatic heterocycles. The number of carbonyl (C=O) groups excluding carboxylic acids is 1. The monoisotopic (exact) mass is 618 g/mol. The average molecular weight is 619 g/mol. The molecule has 1 aromatic carbocycles. The highest BCUT2D eigenvalue weighted by molar-refractivity contribution is 6.04. The van der Waals surface area contributed by atoms with Crippen LogP contribution in [0.2, 0.25) is 0 Å². The molecule has 2 amide bonds. The zero-order valence-electron chi connectivity index (χ0n) is 24.9. The molecule has 2 fully saturated rings. The minimum Gasteiger partial charge on any atom is -0.383 e. The summed E-state index contributed by atoms with van der Waals surface area (Å²) >= 11 is 0. The van der Waals surface area contributed by atoms with Crippen LogP contribution >= 0.6 is 0 Å². The molecule has 2 aliphatic rings. The van der Waals surface area contributed by atoms with E-state index < -0.39 is 17.8 Å². The molecule has 0 unspecified atom stereocenters. The number of nitrogen functional groups attached to an aromatic ring is 1. The fraction of sp³-hybridized carbons (Fsp3) is 0.355. The van der Waals surface area contributed by atoms with E-state index in [4.69, 9.17) is 5.73 Å². The highest BCUT2D eigenvalue weighted by atomic mass is 19.4. The first kappa shape index (κ1) is 29.0. The highest BCUT2D eigenvalue weighted by Gasteiger charge is 2.34. The second-order valence-corrected chi connectivity index (χ2v) is 11.9. The van der Waals surface area contributed by atoms with Gasteiger partial charge in [0.15, 0.2) is 5.65 Å². The lowest BCUT2D eigenvalue weighted by Crippen LogP contribution is -2.44. The number of carbonyl (C=O) groups is 1. The van der Waals surface area contributed by atoms with Crippen LogP contribution in [0.3, 0.4) is 0 Å². The number of alkyl halides is 3. The van der Waals surface area contributed by atoms with Gasteiger partial charge in [0.05, 0.1) is 28.0 Å². The minimum absolute atomic E-state index is 0.0393. The van der Waals surface area contributed by atoms with Crippen molar-refractivity contribution in [3.8, 4) is 11.3 Å². The molecule has 5 heterocycles. The highest BCUT2D eigenvalue weighted by Crippen LogP contribution is 2.42. The van der Waals surface area contributed by atoms with Crippen molar-refractivity contribution < 1.29 is 18.0 Å². The van der Waals surface area contributed by atoms with Crippen molar-refractivity contribution in [1.29, 1.82) is 0 Å². The van der Waals surface area contributed by atoms with E-state index >= 15 is 0 Å². The summed E-state index contributed by atoms with van der Waals surface area (Å²) in [7, 11) is 2.00. The number of imidazole rings is 1. The summed E-state index contributed by atoms with van der Waals surface area (Å²) in [5.41, 5.74) is 9.74. The molecule has 4 N–H and O–H groups in total. The number of nitrogens with zero attached hydrogens (tertiary/aromatic N) is 7. The van der Waals surface area contributed by atoms with Gasteiger partial charge in [0.25, 0.3) is 0 Å². The number of halogens is 3. The maximum Gasteiger partial charge on any atom is 0.416 e. The van der Waals surface area contributed by atoms with E-state index in [1.807, 2.05) is 41.7 Å². The second-order valence-electron chi connectivity index (χ2n) is 11.9. The van der Waals surface area contributed by atoms with Crippen LogP contribution in [0, 0.1) is 6.92 Å². The molecule has 0 bridgehead atoms. The summed E-state index contributed by atoms with van der Waals surface area (Å²) < 4.78 is 46.2. The number of amides is 2. The Morgan fingerprint density at radius 3 is 2.53 bits per heavy atom. The summed E-state index contributed by atoms with van der Waals surface area (Å²) in [5.74, 6) is 0.369. The molecule has 1 saturated heterocycles. The van der Waals surface area contributed by atoms with E-state index in [0.717, 1.165) is 54.3 Å². The van der Waals surface area contributed by atoms with Crippen molar-refractivity contribution >= 4 is 39.9 Å². The lowest BCUT2D eigenvalue weighted by molar-refractivity contribution is -0.138. The van der Waals surface area contributed by atoms with Gasteiger partial charge in [0, 0.05) is 62.4 Å². The Labute approximate surface area is 256 Å². The van der Waals surface area contributed by atoms with Gasteiger partial charge in [-0.05, 0) is 56.6 Å². The largest absolute Gasteiger partial charge is 0.416 e. The number of urea groups is 1. The fourth-order valence-electron chi connectivity index (χ4n) is 6.03. The summed E-state index contributed by atoms with van der Waals surface area (Å²) in [5, 5.41) is 6.08. The molecule has 1 aliphatic heterocycles. The maximum absolute atomic E-state index is 14.1. The molecule has 1 aliphatic carbocycles. The SMILES string of the molecule is Cc1cn2c(-c3cn(C4CC4)c4ncnc(N)c34)ccc(NC(=O)Nc3ccc(CN4CCN(C)CC4)c(C(F)(F)F)c3)c2n1. The topological polar surface area (TPSA) is 122 Å². The third-order valence-electron chi connectivity index (χ3n) is 8.50. The standard InChI is InChI=1S/C31H33F3N10O/c1-18-14-44-25(22-16-43(21-5-6-21)29-26(22)27(35)36-17-37-29)8-7-24(28(44)38-18)40-30(45)39-20-4-3-19(23(13-20)31(32,33)34)15-42-11-9-41(2)10-12-42/h3-4,7-8,13-14,16-17,21H,5-6,9-12,15H2,1-2H3,(H2,35,36,37)(H2,39,40,45). The van der Waals surface area contributed by atoms with Crippen LogP contribution in [0.25, 0.3) is 27.9 Å². The molecule has 11 nitrogen and oxygen atoms in total. The predicted molar refractivity (Wildman–Crippen MR) is 166 cm³/mol. The van der Waals surface area contributed by atoms with Gasteiger partial charge in [-0.15, -0.1) is 0 Å². The molecule has 14 heteroatoms. The summed E-state index contributed by atoms with van der Waals surface area (Å²) in [6.07, 6.45) is 2.90. The molecule has 45 heavy (non-hydrogen) atoms. The molecule has 234 valence electrons. The van der Waals surface area contributed by atoms with Gasteiger partial charge in [0.2, 0.25) is 0 Å². The number of fused-ring (bicyclic) bond motifs is 2. The van der Waals surface area contributed by atoms with E-state index in [1.165, 1.54) is 18.5 Å². The van der Waals surface area contributed by atoms with Crippen LogP contribution in [-0.4, -0.2) is 73.0 Å². The lowest BCUT2D eigenvalue weighted by atomic mass is 10.0. The van der Waals surface area contributed by atoms with Crippen molar-refractivity contribution in [2.75, 3.05) is 49.6 Å². The van der Waals surface area contributed by atoms with Gasteiger partial charge in [0.1, 0.15) is 17.8 Å². The number of hydrogen-bond donors (Lipinski definition) is 3. The number of aromatic nitrogens is 5. The quantitative estimate of drug-likeness (QED) is 0.234. The third kappa shape index (κ3) is 5.66. The minimum atomic E-state index is -4.57. The Balaban J connectivity index is 1.15. The smallest absolute Gasteiger partial charge is 0.383 e. The molecule has 0 radical (unpaired) electrons. The average Bonchev–Trinajstić information content (AvgIpc) is 3.64. The Bertz CT molecular complexity index is 1920. The van der Waals surface area contributed by atoms with Crippen molar-refractivity contribution in [2.45, 2.75) is 38.5 Å². The molecular formula is C31H33F3N10O. The number of benzene rings is 1. The summed E-state index contributed by atoms with van der Waals surface area (Å²) in [4.78, 5) is 30.6. The Hall–Kier alpha value is -4.69. The number of likely N-dealkylation sites (N-methyl/N-ethyl adjacent to an activating group) is 1. The number of anilines is 3. The molecule has 7 rings (SSSR count). The number of nitrogens with one attached hydrogen (secondary N) is 2. The van der Waals surface area contributed by atoms with Gasteiger partial charge in [-0.1, -0.05) is 6.07 Å². The van der Waals surface area contributed by atoms with E-state index in [9.17, 15) is 18.0 Å². The van der Waals surface area contributed by atoms with Gasteiger partial charge in [-0.25, -0.2) is 19.7 Å². The second kappa shape index (κ2) is 11.0. The predicted octanol–water partition coefficient (Wildman–Crippen LogP) is 5.38. The lowest BCUT2D eigenvalue weighted by Gasteiger charge is -2.33. The van der Waals surface area contributed by atoms with Gasteiger partial charge >= 0.3 is 12.2 Å². The van der Waals surface area contributed by atoms with E-state index in [-0.39, 0.29) is 17.8 Å². The van der Waals surface area contributed by atoms with Crippen LogP contribution in [0.4, 0.5) is 35.2 Å². The third-order valence-corrected chi connectivity index (χ3v) is 8.50. The number of aryl methyl sites for hydroxylation is 1. The van der Waals surface area contributed by atoms with Crippen molar-refractivity contribution in [1.82, 2.24) is 33.7 Å². The first-order chi connectivity index (χ1) is 21.5. The number of rotatable bonds is 6. The first-order valence-electron chi connectivity index (χ1n) is 14.8. The van der Waals surface area contributed by atoms with Crippen LogP contribution < -0.4 is 16.4 Å². The van der Waals surface area contributed by atoms with Crippen LogP contribution in [-0.2, 0) is 12.7 Å². The van der Waals surface area contributed by atoms with Crippen molar-refractivity contribution in [2.24, 2.45) is 0 Å². The van der Waals surface area contributed by atoms with E-state index in [1.54, 1.807) is 6.07 Å². The van der Waals surface area contributed by atoms with E-state index in [2.05, 4.69) is 35.1 Å². The van der Waals surface area contributed by atoms with Crippen LogP contribution in [0.1, 0.15) is 35.7 Å². The van der Waals surface area contributed by atoms with E-state index in [0.29, 0.717) is 42.0 Å². The number of piperazine rings is 1. The Morgan fingerprint density at radius 2 is 1.80 bits per heavy atom. The van der Waals surface area contributed by atoms with Gasteiger partial charge < -0.3 is 25.8 Å². The fourth-order valence-corrected chi connectivity index (χ4v) is 6.03. The molecule has 0 atom stereocenters. The maximum atomic E-state index is 14.1. The number of hydrogen-bond acceptors (Lipinski definition) is 7. The Morgan fingerprint density at radius 1 is 1.02 bits per heavy atom. The van der Waals surface area contributed by atoms with Gasteiger partial charge in [-0.3, -0.25) is 9.30 Å². The Kier molecular flexibility index (Phi) is 7.12. The zero-order valence-corrected chi connectivity index (χ0v) is 24.9. The number of pyridine rings is 1. The molecule has 5 aromatic rings. The normalized spacial score (nSPS) is 16.5. The summed E-state index contributed by atoms with van der Waals surface area (Å²) in [6.45, 7) is 5.03. The zero-order chi connectivity index (χ0) is 31.5. The van der Waals surface area contributed by atoms with Crippen LogP contribution in [0.5, 0.6) is 0 Å². The first-order valence-corrected chi connectivity index (χ1v) is 14.8. The molecule has 0 spiro atoms. The van der Waals surface area contributed by atoms with Crippen molar-refractivity contribution in [3.05, 3.63) is 65.9 Å². The number of nitrogens with two attached hydrogens (primary N) is 1. The molecule has 1 saturated carbocycles. The van der Waals surface area contributed by atoms with Gasteiger partial charge in [-0.2, -0.15) is 13.2 Å². The summed E-state index contributed by atoms with van der Waals surface area (Å²) in [6, 6.07) is 7.17. The van der Waals surface area contributed by atoms with Crippen molar-refractivity contribution in [3.63, 3.8) is 0 Å². The molecular weight excluding hydrogens is 585 g/mol.